The van der Waals surface area contributed by atoms with Gasteiger partial charge in [0, 0.05) is 11.4 Å². The molecule has 2 N–H and O–H groups in total. The lowest BCUT2D eigenvalue weighted by Gasteiger charge is -2.06. The fourth-order valence-electron chi connectivity index (χ4n) is 1.82. The van der Waals surface area contributed by atoms with Crippen LogP contribution in [0.15, 0.2) is 48.5 Å². The van der Waals surface area contributed by atoms with Gasteiger partial charge in [-0.15, -0.1) is 0 Å². The van der Waals surface area contributed by atoms with Crippen LogP contribution in [0.4, 0.5) is 0 Å². The molecule has 0 heterocycles. The van der Waals surface area contributed by atoms with Gasteiger partial charge in [-0.05, 0) is 29.2 Å². The Morgan fingerprint density at radius 3 is 2.39 bits per heavy atom. The van der Waals surface area contributed by atoms with Crippen molar-refractivity contribution in [1.29, 1.82) is 0 Å². The Balaban J connectivity index is 2.22. The molecule has 0 aliphatic heterocycles. The third-order valence-electron chi connectivity index (χ3n) is 2.80. The van der Waals surface area contributed by atoms with Crippen molar-refractivity contribution < 1.29 is 4.79 Å². The molecule has 0 unspecified atom stereocenters. The molecule has 1 amide bonds. The molecule has 0 aliphatic rings. The first-order valence-electron chi connectivity index (χ1n) is 5.79. The average molecular weight is 260 g/mol. The quantitative estimate of drug-likeness (QED) is 0.898. The van der Waals surface area contributed by atoms with Crippen LogP contribution in [0, 0.1) is 0 Å². The third-order valence-corrected chi connectivity index (χ3v) is 3.15. The van der Waals surface area contributed by atoms with Crippen molar-refractivity contribution in [1.82, 2.24) is 0 Å². The lowest BCUT2D eigenvalue weighted by molar-refractivity contribution is -0.117. The second-order valence-electron chi connectivity index (χ2n) is 4.14. The van der Waals surface area contributed by atoms with E-state index < -0.39 is 0 Å². The Morgan fingerprint density at radius 1 is 1.06 bits per heavy atom. The largest absolute Gasteiger partial charge is 0.370 e. The van der Waals surface area contributed by atoms with Crippen LogP contribution < -0.4 is 5.73 Å². The first-order valence-corrected chi connectivity index (χ1v) is 6.17. The molecule has 0 fully saturated rings. The number of aryl methyl sites for hydroxylation is 1. The molecular weight excluding hydrogens is 246 g/mol. The zero-order chi connectivity index (χ0) is 13.0. The Labute approximate surface area is 111 Å². The molecule has 18 heavy (non-hydrogen) atoms. The molecule has 0 atom stereocenters. The van der Waals surface area contributed by atoms with Crippen LogP contribution in [-0.4, -0.2) is 5.91 Å². The van der Waals surface area contributed by atoms with Gasteiger partial charge in [-0.1, -0.05) is 54.1 Å². The lowest BCUT2D eigenvalue weighted by atomic mass is 10.0. The molecule has 0 radical (unpaired) electrons. The number of benzene rings is 2. The van der Waals surface area contributed by atoms with E-state index in [2.05, 4.69) is 0 Å². The zero-order valence-corrected chi connectivity index (χ0v) is 10.7. The summed E-state index contributed by atoms with van der Waals surface area (Å²) in [6, 6.07) is 15.9. The van der Waals surface area contributed by atoms with Crippen LogP contribution in [0.5, 0.6) is 0 Å². The Bertz CT molecular complexity index is 552. The van der Waals surface area contributed by atoms with E-state index in [4.69, 9.17) is 17.3 Å². The van der Waals surface area contributed by atoms with E-state index in [9.17, 15) is 4.79 Å². The minimum absolute atomic E-state index is 0.307. The van der Waals surface area contributed by atoms with E-state index in [1.54, 1.807) is 0 Å². The first-order chi connectivity index (χ1) is 8.66. The normalized spacial score (nSPS) is 10.3. The van der Waals surface area contributed by atoms with Crippen molar-refractivity contribution in [2.45, 2.75) is 12.8 Å². The summed E-state index contributed by atoms with van der Waals surface area (Å²) in [5.41, 5.74) is 8.28. The Kier molecular flexibility index (Phi) is 4.00. The van der Waals surface area contributed by atoms with E-state index in [0.717, 1.165) is 16.7 Å². The number of rotatable bonds is 4. The minimum atomic E-state index is -0.307. The van der Waals surface area contributed by atoms with Gasteiger partial charge in [0.25, 0.3) is 0 Å². The molecule has 2 aromatic carbocycles. The predicted octanol–water partition coefficient (Wildman–Crippen LogP) is 3.42. The molecule has 92 valence electrons. The summed E-state index contributed by atoms with van der Waals surface area (Å²) in [6.07, 6.45) is 0.910. The van der Waals surface area contributed by atoms with Gasteiger partial charge in [0.1, 0.15) is 0 Å². The highest BCUT2D eigenvalue weighted by Gasteiger charge is 2.05. The summed E-state index contributed by atoms with van der Waals surface area (Å²) in [5, 5.41) is 0.678. The van der Waals surface area contributed by atoms with Gasteiger partial charge in [-0.3, -0.25) is 4.79 Å². The fraction of sp³-hybridized carbons (Fsp3) is 0.133. The monoisotopic (exact) mass is 259 g/mol. The van der Waals surface area contributed by atoms with Gasteiger partial charge in [0.05, 0.1) is 0 Å². The van der Waals surface area contributed by atoms with E-state index >= 15 is 0 Å². The second-order valence-corrected chi connectivity index (χ2v) is 4.55. The highest BCUT2D eigenvalue weighted by molar-refractivity contribution is 6.31. The molecule has 0 aliphatic carbocycles. The zero-order valence-electron chi connectivity index (χ0n) is 9.90. The van der Waals surface area contributed by atoms with Crippen LogP contribution in [0.1, 0.15) is 12.0 Å². The van der Waals surface area contributed by atoms with Crippen molar-refractivity contribution in [3.8, 4) is 11.1 Å². The number of primary amides is 1. The highest BCUT2D eigenvalue weighted by Crippen LogP contribution is 2.26. The summed E-state index contributed by atoms with van der Waals surface area (Å²) in [4.78, 5) is 10.8. The van der Waals surface area contributed by atoms with Gasteiger partial charge in [0.2, 0.25) is 5.91 Å². The summed E-state index contributed by atoms with van der Waals surface area (Å²) >= 11 is 6.21. The third kappa shape index (κ3) is 3.11. The Morgan fingerprint density at radius 2 is 1.78 bits per heavy atom. The predicted molar refractivity (Wildman–Crippen MR) is 74.4 cm³/mol. The topological polar surface area (TPSA) is 43.1 Å². The van der Waals surface area contributed by atoms with Crippen LogP contribution in [0.2, 0.25) is 5.02 Å². The van der Waals surface area contributed by atoms with Crippen molar-refractivity contribution in [3.63, 3.8) is 0 Å². The maximum Gasteiger partial charge on any atom is 0.217 e. The first kappa shape index (κ1) is 12.7. The Hall–Kier alpha value is -1.80. The fourth-order valence-corrected chi connectivity index (χ4v) is 2.09. The van der Waals surface area contributed by atoms with Gasteiger partial charge in [-0.25, -0.2) is 0 Å². The van der Waals surface area contributed by atoms with Crippen molar-refractivity contribution in [2.75, 3.05) is 0 Å². The molecule has 0 spiro atoms. The van der Waals surface area contributed by atoms with Gasteiger partial charge >= 0.3 is 0 Å². The van der Waals surface area contributed by atoms with Crippen LogP contribution in [-0.2, 0) is 11.2 Å². The number of carbonyl (C=O) groups excluding carboxylic acids is 1. The number of hydrogen-bond acceptors (Lipinski definition) is 1. The summed E-state index contributed by atoms with van der Waals surface area (Å²) in [7, 11) is 0. The summed E-state index contributed by atoms with van der Waals surface area (Å²) in [6.45, 7) is 0. The molecule has 2 nitrogen and oxygen atoms in total. The van der Waals surface area contributed by atoms with E-state index in [1.165, 1.54) is 0 Å². The number of amides is 1. The molecule has 0 bridgehead atoms. The number of halogens is 1. The molecule has 0 aromatic heterocycles. The van der Waals surface area contributed by atoms with Crippen LogP contribution in [0.3, 0.4) is 0 Å². The standard InChI is InChI=1S/C15H14ClNO/c16-14-10-13(11-4-2-1-3-5-11)7-6-12(14)8-9-15(17)18/h1-7,10H,8-9H2,(H2,17,18). The van der Waals surface area contributed by atoms with Gasteiger partial charge < -0.3 is 5.73 Å². The van der Waals surface area contributed by atoms with Crippen molar-refractivity contribution in [3.05, 3.63) is 59.1 Å². The number of carbonyl (C=O) groups is 1. The molecular formula is C15H14ClNO. The van der Waals surface area contributed by atoms with E-state index in [-0.39, 0.29) is 5.91 Å². The summed E-state index contributed by atoms with van der Waals surface area (Å²) < 4.78 is 0. The van der Waals surface area contributed by atoms with Crippen molar-refractivity contribution >= 4 is 17.5 Å². The average Bonchev–Trinajstić information content (AvgIpc) is 2.38. The van der Waals surface area contributed by atoms with Crippen LogP contribution >= 0.6 is 11.6 Å². The van der Waals surface area contributed by atoms with Crippen LogP contribution in [0.25, 0.3) is 11.1 Å². The van der Waals surface area contributed by atoms with Gasteiger partial charge in [-0.2, -0.15) is 0 Å². The summed E-state index contributed by atoms with van der Waals surface area (Å²) in [5.74, 6) is -0.307. The van der Waals surface area contributed by atoms with E-state index in [0.29, 0.717) is 17.9 Å². The maximum atomic E-state index is 10.8. The molecule has 2 aromatic rings. The van der Waals surface area contributed by atoms with Gasteiger partial charge in [0.15, 0.2) is 0 Å². The molecule has 0 saturated carbocycles. The van der Waals surface area contributed by atoms with E-state index in [1.807, 2.05) is 48.5 Å². The molecule has 3 heteroatoms. The molecule has 0 saturated heterocycles. The highest BCUT2D eigenvalue weighted by atomic mass is 35.5. The minimum Gasteiger partial charge on any atom is -0.370 e. The molecule has 2 rings (SSSR count). The lowest BCUT2D eigenvalue weighted by Crippen LogP contribution is -2.11. The number of hydrogen-bond donors (Lipinski definition) is 1. The number of nitrogens with two attached hydrogens (primary N) is 1. The second kappa shape index (κ2) is 5.69. The SMILES string of the molecule is NC(=O)CCc1ccc(-c2ccccc2)cc1Cl. The smallest absolute Gasteiger partial charge is 0.217 e. The maximum absolute atomic E-state index is 10.8. The van der Waals surface area contributed by atoms with Crippen molar-refractivity contribution in [2.24, 2.45) is 5.73 Å².